The highest BCUT2D eigenvalue weighted by atomic mass is 16.5. The molecule has 7 rings (SSSR count). The Balaban J connectivity index is 1.30. The fourth-order valence-corrected chi connectivity index (χ4v) is 7.30. The minimum atomic E-state index is 0.564. The van der Waals surface area contributed by atoms with Gasteiger partial charge in [-0.2, -0.15) is 0 Å². The second-order valence-electron chi connectivity index (χ2n) is 10.3. The zero-order valence-corrected chi connectivity index (χ0v) is 17.4. The third kappa shape index (κ3) is 3.08. The predicted molar refractivity (Wildman–Crippen MR) is 117 cm³/mol. The molecule has 0 saturated heterocycles. The summed E-state index contributed by atoms with van der Waals surface area (Å²) < 4.78 is 8.67. The summed E-state index contributed by atoms with van der Waals surface area (Å²) in [7, 11) is 0. The molecule has 0 atom stereocenters. The van der Waals surface area contributed by atoms with Gasteiger partial charge in [0, 0.05) is 11.9 Å². The molecule has 1 aromatic carbocycles. The van der Waals surface area contributed by atoms with E-state index in [2.05, 4.69) is 66.1 Å². The van der Waals surface area contributed by atoms with Crippen LogP contribution in [0.1, 0.15) is 55.3 Å². The lowest BCUT2D eigenvalue weighted by molar-refractivity contribution is -0.0528. The zero-order valence-electron chi connectivity index (χ0n) is 17.4. The number of aryl methyl sites for hydroxylation is 1. The minimum absolute atomic E-state index is 0.564. The van der Waals surface area contributed by atoms with Crippen LogP contribution < -0.4 is 4.74 Å². The second kappa shape index (κ2) is 6.65. The van der Waals surface area contributed by atoms with Crippen LogP contribution in [0.15, 0.2) is 54.7 Å². The van der Waals surface area contributed by atoms with Crippen LogP contribution in [0.2, 0.25) is 0 Å². The second-order valence-corrected chi connectivity index (χ2v) is 10.3. The van der Waals surface area contributed by atoms with E-state index in [4.69, 9.17) is 4.74 Å². The van der Waals surface area contributed by atoms with Gasteiger partial charge in [-0.3, -0.25) is 0 Å². The van der Waals surface area contributed by atoms with Gasteiger partial charge in [0.2, 0.25) is 0 Å². The van der Waals surface area contributed by atoms with Crippen molar-refractivity contribution in [3.63, 3.8) is 0 Å². The lowest BCUT2D eigenvalue weighted by atomic mass is 9.48. The Kier molecular flexibility index (Phi) is 4.04. The first-order chi connectivity index (χ1) is 14.2. The normalized spacial score (nSPS) is 30.2. The number of hydrogen-bond acceptors (Lipinski definition) is 1. The Labute approximate surface area is 173 Å². The van der Waals surface area contributed by atoms with Crippen molar-refractivity contribution in [1.29, 1.82) is 0 Å². The molecule has 4 bridgehead atoms. The summed E-state index contributed by atoms with van der Waals surface area (Å²) in [6, 6.07) is 17.1. The molecule has 0 radical (unpaired) electrons. The van der Waals surface area contributed by atoms with Crippen molar-refractivity contribution in [3.05, 3.63) is 71.5 Å². The van der Waals surface area contributed by atoms with Crippen LogP contribution in [0.25, 0.3) is 5.52 Å². The molecule has 150 valence electrons. The van der Waals surface area contributed by atoms with Gasteiger partial charge in [-0.1, -0.05) is 30.3 Å². The largest absolute Gasteiger partial charge is 0.487 e. The molecule has 3 aromatic rings. The molecule has 0 unspecified atom stereocenters. The SMILES string of the molecule is Cc1cc2c(OCc3ccccc3)cccn2c1CC12CC3CC(CC(C3)C1)C2. The van der Waals surface area contributed by atoms with Gasteiger partial charge in [-0.15, -0.1) is 0 Å². The topological polar surface area (TPSA) is 13.6 Å². The van der Waals surface area contributed by atoms with Crippen molar-refractivity contribution in [3.8, 4) is 5.75 Å². The molecule has 2 nitrogen and oxygen atoms in total. The summed E-state index contributed by atoms with van der Waals surface area (Å²) >= 11 is 0. The van der Waals surface area contributed by atoms with Gasteiger partial charge in [-0.25, -0.2) is 0 Å². The van der Waals surface area contributed by atoms with E-state index in [9.17, 15) is 0 Å². The molecule has 4 fully saturated rings. The minimum Gasteiger partial charge on any atom is -0.487 e. The molecule has 0 aliphatic heterocycles. The molecule has 0 N–H and O–H groups in total. The van der Waals surface area contributed by atoms with Crippen molar-refractivity contribution >= 4 is 5.52 Å². The molecule has 4 aliphatic rings. The van der Waals surface area contributed by atoms with E-state index < -0.39 is 0 Å². The molecule has 29 heavy (non-hydrogen) atoms. The Morgan fingerprint density at radius 2 is 1.62 bits per heavy atom. The van der Waals surface area contributed by atoms with Crippen LogP contribution in [0.4, 0.5) is 0 Å². The van der Waals surface area contributed by atoms with Crippen LogP contribution >= 0.6 is 0 Å². The highest BCUT2D eigenvalue weighted by molar-refractivity contribution is 5.64. The lowest BCUT2D eigenvalue weighted by Gasteiger charge is -2.57. The average Bonchev–Trinajstić information content (AvgIpc) is 3.01. The Morgan fingerprint density at radius 1 is 0.931 bits per heavy atom. The fraction of sp³-hybridized carbons (Fsp3) is 0.481. The Bertz CT molecular complexity index is 996. The van der Waals surface area contributed by atoms with Gasteiger partial charge < -0.3 is 9.14 Å². The van der Waals surface area contributed by atoms with Gasteiger partial charge in [0.15, 0.2) is 0 Å². The van der Waals surface area contributed by atoms with E-state index in [-0.39, 0.29) is 0 Å². The van der Waals surface area contributed by atoms with Gasteiger partial charge >= 0.3 is 0 Å². The number of benzene rings is 1. The Morgan fingerprint density at radius 3 is 2.31 bits per heavy atom. The average molecular weight is 386 g/mol. The third-order valence-electron chi connectivity index (χ3n) is 8.04. The standard InChI is InChI=1S/C27H31NO/c1-19-10-24-26(29-18-20-6-3-2-4-7-20)8-5-9-28(24)25(19)17-27-14-21-11-22(15-27)13-23(12-21)16-27/h2-10,21-23H,11-18H2,1H3. The molecule has 0 amide bonds. The van der Waals surface area contributed by atoms with Crippen molar-refractivity contribution in [2.24, 2.45) is 23.2 Å². The van der Waals surface area contributed by atoms with E-state index in [0.717, 1.165) is 23.5 Å². The lowest BCUT2D eigenvalue weighted by Crippen LogP contribution is -2.47. The highest BCUT2D eigenvalue weighted by Gasteiger charge is 2.51. The van der Waals surface area contributed by atoms with Crippen LogP contribution in [-0.2, 0) is 13.0 Å². The van der Waals surface area contributed by atoms with Gasteiger partial charge in [-0.05, 0) is 104 Å². The highest BCUT2D eigenvalue weighted by Crippen LogP contribution is 2.61. The summed E-state index contributed by atoms with van der Waals surface area (Å²) in [5.74, 6) is 4.03. The first-order valence-electron chi connectivity index (χ1n) is 11.4. The Hall–Kier alpha value is -2.22. The predicted octanol–water partition coefficient (Wildman–Crippen LogP) is 6.59. The number of aromatic nitrogens is 1. The van der Waals surface area contributed by atoms with Crippen LogP contribution in [0.5, 0.6) is 5.75 Å². The summed E-state index contributed by atoms with van der Waals surface area (Å²) in [6.45, 7) is 2.92. The van der Waals surface area contributed by atoms with Crippen LogP contribution in [0.3, 0.4) is 0 Å². The van der Waals surface area contributed by atoms with Crippen LogP contribution in [-0.4, -0.2) is 4.40 Å². The van der Waals surface area contributed by atoms with E-state index in [1.165, 1.54) is 67.3 Å². The maximum absolute atomic E-state index is 6.25. The van der Waals surface area contributed by atoms with E-state index in [1.807, 2.05) is 0 Å². The molecule has 2 aromatic heterocycles. The summed E-state index contributed by atoms with van der Waals surface area (Å²) in [4.78, 5) is 0. The van der Waals surface area contributed by atoms with Crippen molar-refractivity contribution in [1.82, 2.24) is 4.40 Å². The number of rotatable bonds is 5. The molecular formula is C27H31NO. The quantitative estimate of drug-likeness (QED) is 0.483. The van der Waals surface area contributed by atoms with Gasteiger partial charge in [0.25, 0.3) is 0 Å². The fourth-order valence-electron chi connectivity index (χ4n) is 7.30. The summed E-state index contributed by atoms with van der Waals surface area (Å²) in [6.07, 6.45) is 12.5. The van der Waals surface area contributed by atoms with Crippen LogP contribution in [0, 0.1) is 30.1 Å². The smallest absolute Gasteiger partial charge is 0.143 e. The number of pyridine rings is 1. The van der Waals surface area contributed by atoms with E-state index in [1.54, 1.807) is 0 Å². The molecule has 2 heteroatoms. The number of ether oxygens (including phenoxy) is 1. The number of hydrogen-bond donors (Lipinski definition) is 0. The van der Waals surface area contributed by atoms with Gasteiger partial charge in [0.05, 0.1) is 5.52 Å². The van der Waals surface area contributed by atoms with Gasteiger partial charge in [0.1, 0.15) is 12.4 Å². The number of fused-ring (bicyclic) bond motifs is 1. The molecule has 4 saturated carbocycles. The van der Waals surface area contributed by atoms with E-state index >= 15 is 0 Å². The van der Waals surface area contributed by atoms with E-state index in [0.29, 0.717) is 12.0 Å². The molecule has 0 spiro atoms. The van der Waals surface area contributed by atoms with Crippen molar-refractivity contribution < 1.29 is 4.74 Å². The molecular weight excluding hydrogens is 354 g/mol. The maximum atomic E-state index is 6.25. The van der Waals surface area contributed by atoms with Crippen molar-refractivity contribution in [2.75, 3.05) is 0 Å². The monoisotopic (exact) mass is 385 g/mol. The van der Waals surface area contributed by atoms with Crippen molar-refractivity contribution in [2.45, 2.75) is 58.5 Å². The summed E-state index contributed by atoms with van der Waals surface area (Å²) in [5, 5.41) is 0. The zero-order chi connectivity index (χ0) is 19.4. The summed E-state index contributed by atoms with van der Waals surface area (Å²) in [5.41, 5.74) is 5.95. The first kappa shape index (κ1) is 17.6. The molecule has 4 aliphatic carbocycles. The number of nitrogens with zero attached hydrogens (tertiary/aromatic N) is 1. The third-order valence-corrected chi connectivity index (χ3v) is 8.04. The first-order valence-corrected chi connectivity index (χ1v) is 11.4. The molecule has 2 heterocycles. The maximum Gasteiger partial charge on any atom is 0.143 e.